The third-order valence-electron chi connectivity index (χ3n) is 2.68. The van der Waals surface area contributed by atoms with Gasteiger partial charge in [0.15, 0.2) is 0 Å². The Bertz CT molecular complexity index is 665. The molecule has 1 heterocycles. The number of fused-ring (bicyclic) bond motifs is 1. The van der Waals surface area contributed by atoms with E-state index >= 15 is 0 Å². The van der Waals surface area contributed by atoms with Gasteiger partial charge < -0.3 is 0 Å². The van der Waals surface area contributed by atoms with E-state index < -0.39 is 4.92 Å². The van der Waals surface area contributed by atoms with Crippen LogP contribution in [-0.4, -0.2) is 9.91 Å². The van der Waals surface area contributed by atoms with E-state index in [0.717, 1.165) is 16.5 Å². The van der Waals surface area contributed by atoms with E-state index in [1.807, 2.05) is 31.2 Å². The lowest BCUT2D eigenvalue weighted by atomic mass is 10.1. The average Bonchev–Trinajstić information content (AvgIpc) is 2.31. The molecule has 0 saturated carbocycles. The third kappa shape index (κ3) is 2.33. The zero-order valence-corrected chi connectivity index (χ0v) is 10.7. The van der Waals surface area contributed by atoms with Gasteiger partial charge in [-0.1, -0.05) is 29.8 Å². The number of benzene rings is 1. The molecule has 0 atom stereocenters. The molecule has 0 fully saturated rings. The van der Waals surface area contributed by atoms with Gasteiger partial charge in [0.25, 0.3) is 0 Å². The maximum atomic E-state index is 10.6. The minimum atomic E-state index is -0.448. The summed E-state index contributed by atoms with van der Waals surface area (Å²) in [6, 6.07) is 7.58. The molecule has 0 amide bonds. The topological polar surface area (TPSA) is 56.0 Å². The molecule has 0 aliphatic heterocycles. The maximum Gasteiger partial charge on any atom is 0.243 e. The number of allylic oxidation sites excluding steroid dienone is 1. The number of halogens is 1. The smallest absolute Gasteiger partial charge is 0.243 e. The Kier molecular flexibility index (Phi) is 3.30. The van der Waals surface area contributed by atoms with Crippen molar-refractivity contribution >= 4 is 28.6 Å². The zero-order valence-electron chi connectivity index (χ0n) is 9.98. The van der Waals surface area contributed by atoms with Gasteiger partial charge in [0, 0.05) is 23.9 Å². The number of nitrogens with zero attached hydrogens (tertiary/aromatic N) is 2. The van der Waals surface area contributed by atoms with Gasteiger partial charge in [0.1, 0.15) is 5.15 Å². The van der Waals surface area contributed by atoms with E-state index in [2.05, 4.69) is 4.98 Å². The summed E-state index contributed by atoms with van der Waals surface area (Å²) >= 11 is 6.05. The number of para-hydroxylation sites is 1. The number of aryl methyl sites for hydroxylation is 1. The van der Waals surface area contributed by atoms with Crippen LogP contribution >= 0.6 is 11.6 Å². The van der Waals surface area contributed by atoms with E-state index in [1.165, 1.54) is 13.0 Å². The average molecular weight is 263 g/mol. The van der Waals surface area contributed by atoms with Crippen LogP contribution in [0.1, 0.15) is 18.1 Å². The lowest BCUT2D eigenvalue weighted by Crippen LogP contribution is -1.94. The second kappa shape index (κ2) is 4.74. The first-order valence-electron chi connectivity index (χ1n) is 5.37. The Morgan fingerprint density at radius 2 is 2.22 bits per heavy atom. The van der Waals surface area contributed by atoms with Crippen molar-refractivity contribution in [2.75, 3.05) is 0 Å². The van der Waals surface area contributed by atoms with Gasteiger partial charge in [-0.15, -0.1) is 0 Å². The predicted octanol–water partition coefficient (Wildman–Crippen LogP) is 3.83. The summed E-state index contributed by atoms with van der Waals surface area (Å²) in [4.78, 5) is 14.4. The summed E-state index contributed by atoms with van der Waals surface area (Å²) in [5.41, 5.74) is 2.43. The first-order valence-corrected chi connectivity index (χ1v) is 5.75. The summed E-state index contributed by atoms with van der Waals surface area (Å²) in [5.74, 6) is 0. The van der Waals surface area contributed by atoms with Crippen LogP contribution in [0.25, 0.3) is 17.0 Å². The molecule has 0 aliphatic rings. The van der Waals surface area contributed by atoms with Gasteiger partial charge in [-0.3, -0.25) is 10.1 Å². The van der Waals surface area contributed by atoms with Crippen molar-refractivity contribution in [1.82, 2.24) is 4.98 Å². The Hall–Kier alpha value is -1.94. The fraction of sp³-hybridized carbons (Fsp3) is 0.154. The summed E-state index contributed by atoms with van der Waals surface area (Å²) in [6.45, 7) is 3.38. The van der Waals surface area contributed by atoms with Crippen molar-refractivity contribution in [1.29, 1.82) is 0 Å². The molecule has 0 saturated heterocycles. The molecule has 18 heavy (non-hydrogen) atoms. The summed E-state index contributed by atoms with van der Waals surface area (Å²) in [7, 11) is 0. The number of rotatable bonds is 2. The molecule has 2 aromatic rings. The first-order chi connectivity index (χ1) is 8.49. The Morgan fingerprint density at radius 3 is 2.89 bits per heavy atom. The number of nitro groups is 1. The van der Waals surface area contributed by atoms with E-state index in [4.69, 9.17) is 11.6 Å². The number of hydrogen-bond acceptors (Lipinski definition) is 3. The second-order valence-electron chi connectivity index (χ2n) is 4.06. The molecule has 92 valence electrons. The van der Waals surface area contributed by atoms with E-state index in [1.54, 1.807) is 0 Å². The van der Waals surface area contributed by atoms with Gasteiger partial charge in [0.05, 0.1) is 10.4 Å². The Morgan fingerprint density at radius 1 is 1.50 bits per heavy atom. The Labute approximate surface area is 109 Å². The standard InChI is InChI=1S/C13H11ClN2O2/c1-8-4-3-5-10-7-11(6-9(2)16(17)18)13(14)15-12(8)10/h3-7H,1-2H3/b9-6+. The molecule has 0 unspecified atom stereocenters. The molecule has 0 bridgehead atoms. The lowest BCUT2D eigenvalue weighted by Gasteiger charge is -2.04. The SMILES string of the molecule is C/C(=C\c1cc2cccc(C)c2nc1Cl)[N+](=O)[O-]. The molecular formula is C13H11ClN2O2. The molecule has 0 aliphatic carbocycles. The van der Waals surface area contributed by atoms with Crippen LogP contribution in [-0.2, 0) is 0 Å². The first kappa shape index (κ1) is 12.5. The molecule has 4 nitrogen and oxygen atoms in total. The second-order valence-corrected chi connectivity index (χ2v) is 4.42. The molecule has 1 aromatic carbocycles. The van der Waals surface area contributed by atoms with Crippen molar-refractivity contribution in [3.8, 4) is 0 Å². The molecule has 5 heteroatoms. The quantitative estimate of drug-likeness (QED) is 0.469. The van der Waals surface area contributed by atoms with Crippen LogP contribution < -0.4 is 0 Å². The summed E-state index contributed by atoms with van der Waals surface area (Å²) in [5, 5.41) is 11.8. The van der Waals surface area contributed by atoms with Gasteiger partial charge in [-0.2, -0.15) is 0 Å². The highest BCUT2D eigenvalue weighted by atomic mass is 35.5. The maximum absolute atomic E-state index is 10.6. The number of hydrogen-bond donors (Lipinski definition) is 0. The summed E-state index contributed by atoms with van der Waals surface area (Å²) < 4.78 is 0. The minimum Gasteiger partial charge on any atom is -0.259 e. The molecule has 0 spiro atoms. The van der Waals surface area contributed by atoms with Crippen LogP contribution in [0, 0.1) is 17.0 Å². The minimum absolute atomic E-state index is 0.0331. The van der Waals surface area contributed by atoms with Gasteiger partial charge in [0.2, 0.25) is 5.70 Å². The van der Waals surface area contributed by atoms with Crippen LogP contribution in [0.2, 0.25) is 5.15 Å². The van der Waals surface area contributed by atoms with E-state index in [-0.39, 0.29) is 10.9 Å². The van der Waals surface area contributed by atoms with E-state index in [0.29, 0.717) is 5.56 Å². The molecule has 2 rings (SSSR count). The lowest BCUT2D eigenvalue weighted by molar-refractivity contribution is -0.422. The molecule has 1 aromatic heterocycles. The zero-order chi connectivity index (χ0) is 13.3. The summed E-state index contributed by atoms with van der Waals surface area (Å²) in [6.07, 6.45) is 1.43. The number of pyridine rings is 1. The fourth-order valence-electron chi connectivity index (χ4n) is 1.72. The fourth-order valence-corrected chi connectivity index (χ4v) is 1.91. The predicted molar refractivity (Wildman–Crippen MR) is 72.1 cm³/mol. The normalized spacial score (nSPS) is 11.8. The third-order valence-corrected chi connectivity index (χ3v) is 2.98. The largest absolute Gasteiger partial charge is 0.259 e. The highest BCUT2D eigenvalue weighted by molar-refractivity contribution is 6.31. The van der Waals surface area contributed by atoms with Gasteiger partial charge >= 0.3 is 0 Å². The van der Waals surface area contributed by atoms with Crippen molar-refractivity contribution in [3.63, 3.8) is 0 Å². The van der Waals surface area contributed by atoms with Gasteiger partial charge in [-0.05, 0) is 18.6 Å². The highest BCUT2D eigenvalue weighted by Crippen LogP contribution is 2.24. The number of aromatic nitrogens is 1. The van der Waals surface area contributed by atoms with Crippen LogP contribution in [0.3, 0.4) is 0 Å². The van der Waals surface area contributed by atoms with Crippen LogP contribution in [0.15, 0.2) is 30.0 Å². The molecule has 0 radical (unpaired) electrons. The molecular weight excluding hydrogens is 252 g/mol. The van der Waals surface area contributed by atoms with Crippen molar-refractivity contribution in [2.45, 2.75) is 13.8 Å². The van der Waals surface area contributed by atoms with Crippen molar-refractivity contribution < 1.29 is 4.92 Å². The molecule has 0 N–H and O–H groups in total. The monoisotopic (exact) mass is 262 g/mol. The van der Waals surface area contributed by atoms with Crippen LogP contribution in [0.4, 0.5) is 0 Å². The van der Waals surface area contributed by atoms with Crippen molar-refractivity contribution in [2.24, 2.45) is 0 Å². The van der Waals surface area contributed by atoms with Crippen molar-refractivity contribution in [3.05, 3.63) is 56.4 Å². The van der Waals surface area contributed by atoms with E-state index in [9.17, 15) is 10.1 Å². The van der Waals surface area contributed by atoms with Gasteiger partial charge in [-0.25, -0.2) is 4.98 Å². The Balaban J connectivity index is 2.64. The highest BCUT2D eigenvalue weighted by Gasteiger charge is 2.08. The van der Waals surface area contributed by atoms with Crippen LogP contribution in [0.5, 0.6) is 0 Å².